The molecule has 1 atom stereocenters. The van der Waals surface area contributed by atoms with Crippen LogP contribution in [0.4, 0.5) is 5.69 Å². The number of amides is 1. The first-order valence-corrected chi connectivity index (χ1v) is 10.6. The van der Waals surface area contributed by atoms with Gasteiger partial charge < -0.3 is 4.90 Å². The predicted molar refractivity (Wildman–Crippen MR) is 95.9 cm³/mol. The van der Waals surface area contributed by atoms with Gasteiger partial charge in [0.15, 0.2) is 0 Å². The van der Waals surface area contributed by atoms with E-state index in [1.807, 2.05) is 24.8 Å². The van der Waals surface area contributed by atoms with Crippen LogP contribution in [0.15, 0.2) is 18.2 Å². The normalized spacial score (nSPS) is 21.1. The SMILES string of the molecule is CCN(C(=O)c1ccc2c(c1)CC(C)N2S(C)(=O)=O)C1CCCC1. The fraction of sp³-hybridized carbons (Fsp3) is 0.611. The molecule has 1 saturated carbocycles. The Labute approximate surface area is 144 Å². The minimum Gasteiger partial charge on any atom is -0.336 e. The van der Waals surface area contributed by atoms with E-state index in [4.69, 9.17) is 0 Å². The molecule has 1 aliphatic carbocycles. The molecule has 0 radical (unpaired) electrons. The minimum absolute atomic E-state index is 0.0673. The van der Waals surface area contributed by atoms with Gasteiger partial charge in [-0.2, -0.15) is 0 Å². The minimum atomic E-state index is -3.29. The number of carbonyl (C=O) groups is 1. The molecule has 3 rings (SSSR count). The number of fused-ring (bicyclic) bond motifs is 1. The molecular formula is C18H26N2O3S. The van der Waals surface area contributed by atoms with Crippen molar-refractivity contribution in [3.05, 3.63) is 29.3 Å². The Morgan fingerprint density at radius 1 is 1.29 bits per heavy atom. The lowest BCUT2D eigenvalue weighted by atomic mass is 10.0. The van der Waals surface area contributed by atoms with Crippen LogP contribution in [0, 0.1) is 0 Å². The van der Waals surface area contributed by atoms with Crippen molar-refractivity contribution in [3.8, 4) is 0 Å². The van der Waals surface area contributed by atoms with Crippen LogP contribution in [0.3, 0.4) is 0 Å². The van der Waals surface area contributed by atoms with Gasteiger partial charge in [0.1, 0.15) is 0 Å². The van der Waals surface area contributed by atoms with Crippen LogP contribution in [0.5, 0.6) is 0 Å². The monoisotopic (exact) mass is 350 g/mol. The molecule has 24 heavy (non-hydrogen) atoms. The first-order valence-electron chi connectivity index (χ1n) is 8.76. The summed E-state index contributed by atoms with van der Waals surface area (Å²) in [7, 11) is -3.29. The molecule has 0 saturated heterocycles. The number of rotatable bonds is 4. The largest absolute Gasteiger partial charge is 0.336 e. The van der Waals surface area contributed by atoms with Crippen molar-refractivity contribution in [1.29, 1.82) is 0 Å². The van der Waals surface area contributed by atoms with Crippen molar-refractivity contribution in [2.45, 2.75) is 58.0 Å². The molecule has 1 aliphatic heterocycles. The average molecular weight is 350 g/mol. The van der Waals surface area contributed by atoms with E-state index in [2.05, 4.69) is 0 Å². The van der Waals surface area contributed by atoms with Crippen LogP contribution < -0.4 is 4.31 Å². The zero-order chi connectivity index (χ0) is 17.5. The number of benzene rings is 1. The van der Waals surface area contributed by atoms with Gasteiger partial charge in [-0.05, 0) is 56.9 Å². The number of anilines is 1. The Balaban J connectivity index is 1.89. The predicted octanol–water partition coefficient (Wildman–Crippen LogP) is 2.80. The van der Waals surface area contributed by atoms with Crippen LogP contribution in [0.1, 0.15) is 55.5 Å². The summed E-state index contributed by atoms with van der Waals surface area (Å²) in [4.78, 5) is 14.9. The molecule has 2 aliphatic rings. The fourth-order valence-corrected chi connectivity index (χ4v) is 5.45. The second-order valence-corrected chi connectivity index (χ2v) is 8.84. The van der Waals surface area contributed by atoms with Gasteiger partial charge in [-0.15, -0.1) is 0 Å². The quantitative estimate of drug-likeness (QED) is 0.839. The molecule has 1 fully saturated rings. The third kappa shape index (κ3) is 3.04. The van der Waals surface area contributed by atoms with Gasteiger partial charge >= 0.3 is 0 Å². The Hall–Kier alpha value is -1.56. The van der Waals surface area contributed by atoms with E-state index in [0.717, 1.165) is 18.4 Å². The van der Waals surface area contributed by atoms with Gasteiger partial charge in [0, 0.05) is 24.2 Å². The highest BCUT2D eigenvalue weighted by Crippen LogP contribution is 2.35. The number of carbonyl (C=O) groups excluding carboxylic acids is 1. The van der Waals surface area contributed by atoms with Crippen LogP contribution in [0.2, 0.25) is 0 Å². The standard InChI is InChI=1S/C18H26N2O3S/c1-4-19(16-7-5-6-8-16)18(21)14-9-10-17-15(12-14)11-13(2)20(17)24(3,22)23/h9-10,12-13,16H,4-8,11H2,1-3H3. The van der Waals surface area contributed by atoms with Crippen LogP contribution in [-0.4, -0.2) is 44.1 Å². The van der Waals surface area contributed by atoms with Gasteiger partial charge in [0.25, 0.3) is 5.91 Å². The third-order valence-corrected chi connectivity index (χ3v) is 6.48. The molecule has 0 N–H and O–H groups in total. The Bertz CT molecular complexity index is 739. The van der Waals surface area contributed by atoms with Crippen LogP contribution >= 0.6 is 0 Å². The highest BCUT2D eigenvalue weighted by Gasteiger charge is 2.33. The maximum absolute atomic E-state index is 12.9. The number of hydrogen-bond donors (Lipinski definition) is 0. The average Bonchev–Trinajstić information content (AvgIpc) is 3.12. The Morgan fingerprint density at radius 2 is 1.96 bits per heavy atom. The molecule has 1 aromatic carbocycles. The first-order chi connectivity index (χ1) is 11.3. The summed E-state index contributed by atoms with van der Waals surface area (Å²) in [5.74, 6) is 0.0673. The van der Waals surface area contributed by atoms with Crippen molar-refractivity contribution < 1.29 is 13.2 Å². The molecule has 0 aromatic heterocycles. The van der Waals surface area contributed by atoms with Crippen molar-refractivity contribution >= 4 is 21.6 Å². The zero-order valence-corrected chi connectivity index (χ0v) is 15.5. The van der Waals surface area contributed by atoms with Gasteiger partial charge in [-0.25, -0.2) is 8.42 Å². The van der Waals surface area contributed by atoms with Crippen LogP contribution in [-0.2, 0) is 16.4 Å². The summed E-state index contributed by atoms with van der Waals surface area (Å²) in [6.45, 7) is 4.64. The maximum Gasteiger partial charge on any atom is 0.254 e. The molecule has 1 heterocycles. The van der Waals surface area contributed by atoms with E-state index in [0.29, 0.717) is 30.3 Å². The molecule has 6 heteroatoms. The number of nitrogens with zero attached hydrogens (tertiary/aromatic N) is 2. The van der Waals surface area contributed by atoms with E-state index in [-0.39, 0.29) is 11.9 Å². The van der Waals surface area contributed by atoms with E-state index >= 15 is 0 Å². The summed E-state index contributed by atoms with van der Waals surface area (Å²) >= 11 is 0. The molecule has 0 spiro atoms. The van der Waals surface area contributed by atoms with E-state index < -0.39 is 10.0 Å². The van der Waals surface area contributed by atoms with Gasteiger partial charge in [0.05, 0.1) is 11.9 Å². The summed E-state index contributed by atoms with van der Waals surface area (Å²) < 4.78 is 25.5. The van der Waals surface area contributed by atoms with Crippen molar-refractivity contribution in [1.82, 2.24) is 4.90 Å². The van der Waals surface area contributed by atoms with Crippen molar-refractivity contribution in [2.75, 3.05) is 17.1 Å². The molecule has 132 valence electrons. The van der Waals surface area contributed by atoms with Gasteiger partial charge in [-0.3, -0.25) is 9.10 Å². The maximum atomic E-state index is 12.9. The second kappa shape index (κ2) is 6.39. The summed E-state index contributed by atoms with van der Waals surface area (Å²) in [5, 5.41) is 0. The van der Waals surface area contributed by atoms with Crippen molar-refractivity contribution in [2.24, 2.45) is 0 Å². The topological polar surface area (TPSA) is 57.7 Å². The summed E-state index contributed by atoms with van der Waals surface area (Å²) in [6, 6.07) is 5.70. The van der Waals surface area contributed by atoms with E-state index in [1.54, 1.807) is 12.1 Å². The highest BCUT2D eigenvalue weighted by molar-refractivity contribution is 7.92. The lowest BCUT2D eigenvalue weighted by Gasteiger charge is -2.28. The molecule has 1 unspecified atom stereocenters. The third-order valence-electron chi connectivity index (χ3n) is 5.20. The molecule has 5 nitrogen and oxygen atoms in total. The van der Waals surface area contributed by atoms with Crippen LogP contribution in [0.25, 0.3) is 0 Å². The second-order valence-electron chi connectivity index (χ2n) is 6.98. The Morgan fingerprint density at radius 3 is 2.54 bits per heavy atom. The smallest absolute Gasteiger partial charge is 0.254 e. The van der Waals surface area contributed by atoms with Crippen molar-refractivity contribution in [3.63, 3.8) is 0 Å². The molecule has 1 amide bonds. The highest BCUT2D eigenvalue weighted by atomic mass is 32.2. The lowest BCUT2D eigenvalue weighted by Crippen LogP contribution is -2.38. The Kier molecular flexibility index (Phi) is 4.60. The first kappa shape index (κ1) is 17.3. The van der Waals surface area contributed by atoms with Gasteiger partial charge in [0.2, 0.25) is 10.0 Å². The summed E-state index contributed by atoms with van der Waals surface area (Å²) in [5.41, 5.74) is 2.33. The molecule has 1 aromatic rings. The van der Waals surface area contributed by atoms with E-state index in [1.165, 1.54) is 23.4 Å². The zero-order valence-electron chi connectivity index (χ0n) is 14.7. The van der Waals surface area contributed by atoms with Gasteiger partial charge in [-0.1, -0.05) is 12.8 Å². The molecule has 0 bridgehead atoms. The lowest BCUT2D eigenvalue weighted by molar-refractivity contribution is 0.0693. The number of hydrogen-bond acceptors (Lipinski definition) is 3. The molecular weight excluding hydrogens is 324 g/mol. The van der Waals surface area contributed by atoms with E-state index in [9.17, 15) is 13.2 Å². The summed E-state index contributed by atoms with van der Waals surface area (Å²) in [6.07, 6.45) is 6.45. The fourth-order valence-electron chi connectivity index (χ4n) is 4.19. The number of sulfonamides is 1.